The van der Waals surface area contributed by atoms with E-state index in [1.165, 1.54) is 0 Å². The van der Waals surface area contributed by atoms with Crippen LogP contribution in [-0.4, -0.2) is 41.9 Å². The van der Waals surface area contributed by atoms with E-state index in [1.54, 1.807) is 0 Å². The average molecular weight is 314 g/mol. The normalized spacial score (nSPS) is 18.5. The third-order valence-electron chi connectivity index (χ3n) is 3.23. The van der Waals surface area contributed by atoms with Gasteiger partial charge in [-0.1, -0.05) is 0 Å². The molecule has 0 radical (unpaired) electrons. The Kier molecular flexibility index (Phi) is 5.84. The molecule has 0 saturated carbocycles. The molecule has 22 heavy (non-hydrogen) atoms. The fourth-order valence-electron chi connectivity index (χ4n) is 2.43. The highest BCUT2D eigenvalue weighted by Gasteiger charge is 2.38. The van der Waals surface area contributed by atoms with Gasteiger partial charge in [-0.2, -0.15) is 0 Å². The zero-order chi connectivity index (χ0) is 17.0. The minimum absolute atomic E-state index is 0.158. The Labute approximate surface area is 133 Å². The van der Waals surface area contributed by atoms with Crippen molar-refractivity contribution in [3.8, 4) is 0 Å². The van der Waals surface area contributed by atoms with Crippen LogP contribution >= 0.6 is 0 Å². The number of piperidine rings is 1. The Hall–Kier alpha value is -1.30. The monoisotopic (exact) mass is 314 g/mol. The molecule has 0 aromatic carbocycles. The smallest absolute Gasteiger partial charge is 0.408 e. The number of nitrogens with one attached hydrogen (secondary N) is 2. The number of amides is 1. The van der Waals surface area contributed by atoms with Crippen LogP contribution in [0, 0.1) is 0 Å². The molecule has 1 saturated heterocycles. The lowest BCUT2D eigenvalue weighted by Gasteiger charge is -2.38. The van der Waals surface area contributed by atoms with Crippen molar-refractivity contribution in [3.05, 3.63) is 0 Å². The van der Waals surface area contributed by atoms with Gasteiger partial charge in [-0.3, -0.25) is 4.79 Å². The van der Waals surface area contributed by atoms with Gasteiger partial charge in [0.15, 0.2) is 0 Å². The molecule has 0 bridgehead atoms. The van der Waals surface area contributed by atoms with Gasteiger partial charge < -0.3 is 20.1 Å². The lowest BCUT2D eigenvalue weighted by Crippen LogP contribution is -2.56. The first-order valence-corrected chi connectivity index (χ1v) is 7.85. The zero-order valence-electron chi connectivity index (χ0n) is 14.7. The van der Waals surface area contributed by atoms with E-state index >= 15 is 0 Å². The van der Waals surface area contributed by atoms with Gasteiger partial charge in [0.2, 0.25) is 0 Å². The van der Waals surface area contributed by atoms with Gasteiger partial charge in [-0.25, -0.2) is 4.79 Å². The highest BCUT2D eigenvalue weighted by atomic mass is 16.6. The number of hydrogen-bond acceptors (Lipinski definition) is 5. The Morgan fingerprint density at radius 1 is 1.00 bits per heavy atom. The van der Waals surface area contributed by atoms with Crippen molar-refractivity contribution in [1.82, 2.24) is 10.6 Å². The summed E-state index contributed by atoms with van der Waals surface area (Å²) >= 11 is 0. The second-order valence-electron chi connectivity index (χ2n) is 7.92. The van der Waals surface area contributed by atoms with E-state index in [1.807, 2.05) is 41.5 Å². The molecule has 1 aliphatic heterocycles. The first kappa shape index (κ1) is 18.7. The van der Waals surface area contributed by atoms with Crippen LogP contribution in [0.4, 0.5) is 4.79 Å². The number of carbonyl (C=O) groups excluding carboxylic acids is 2. The second-order valence-corrected chi connectivity index (χ2v) is 7.92. The first-order chi connectivity index (χ1) is 9.91. The third kappa shape index (κ3) is 7.11. The van der Waals surface area contributed by atoms with Crippen LogP contribution in [0.15, 0.2) is 0 Å². The first-order valence-electron chi connectivity index (χ1n) is 7.85. The van der Waals surface area contributed by atoms with Gasteiger partial charge in [0.05, 0.1) is 12.0 Å². The van der Waals surface area contributed by atoms with Gasteiger partial charge >= 0.3 is 12.1 Å². The van der Waals surface area contributed by atoms with Crippen LogP contribution in [-0.2, 0) is 14.3 Å². The number of ether oxygens (including phenoxy) is 2. The summed E-state index contributed by atoms with van der Waals surface area (Å²) in [5.74, 6) is -0.301. The Morgan fingerprint density at radius 2 is 1.50 bits per heavy atom. The van der Waals surface area contributed by atoms with Crippen molar-refractivity contribution in [3.63, 3.8) is 0 Å². The van der Waals surface area contributed by atoms with Gasteiger partial charge in [0.1, 0.15) is 11.2 Å². The lowest BCUT2D eigenvalue weighted by molar-refractivity contribution is -0.156. The van der Waals surface area contributed by atoms with Crippen LogP contribution in [0.5, 0.6) is 0 Å². The molecule has 0 spiro atoms. The molecular formula is C16H30N2O4. The van der Waals surface area contributed by atoms with E-state index in [9.17, 15) is 9.59 Å². The standard InChI is InChI=1S/C16H30N2O4/c1-14(2,3)21-12(19)11-16(7-9-17-10-8-16)18-13(20)22-15(4,5)6/h17H,7-11H2,1-6H3,(H,18,20). The maximum Gasteiger partial charge on any atom is 0.408 e. The minimum Gasteiger partial charge on any atom is -0.460 e. The number of carbonyl (C=O) groups is 2. The van der Waals surface area contributed by atoms with E-state index < -0.39 is 22.8 Å². The molecule has 0 atom stereocenters. The molecule has 0 aliphatic carbocycles. The molecule has 6 nitrogen and oxygen atoms in total. The summed E-state index contributed by atoms with van der Waals surface area (Å²) in [6, 6.07) is 0. The van der Waals surface area contributed by atoms with E-state index in [4.69, 9.17) is 9.47 Å². The molecule has 2 N–H and O–H groups in total. The molecule has 1 fully saturated rings. The van der Waals surface area contributed by atoms with E-state index in [0.717, 1.165) is 13.1 Å². The van der Waals surface area contributed by atoms with Crippen LogP contribution in [0.2, 0.25) is 0 Å². The fraction of sp³-hybridized carbons (Fsp3) is 0.875. The van der Waals surface area contributed by atoms with Gasteiger partial charge in [-0.15, -0.1) is 0 Å². The van der Waals surface area contributed by atoms with Crippen LogP contribution in [0.3, 0.4) is 0 Å². The molecule has 0 aromatic rings. The summed E-state index contributed by atoms with van der Waals surface area (Å²) in [7, 11) is 0. The number of rotatable bonds is 3. The molecular weight excluding hydrogens is 284 g/mol. The maximum absolute atomic E-state index is 12.2. The van der Waals surface area contributed by atoms with Crippen molar-refractivity contribution < 1.29 is 19.1 Å². The van der Waals surface area contributed by atoms with E-state index in [2.05, 4.69) is 10.6 Å². The van der Waals surface area contributed by atoms with Crippen LogP contribution < -0.4 is 10.6 Å². The molecule has 1 amide bonds. The Morgan fingerprint density at radius 3 is 1.95 bits per heavy atom. The maximum atomic E-state index is 12.2. The quantitative estimate of drug-likeness (QED) is 0.782. The third-order valence-corrected chi connectivity index (χ3v) is 3.23. The summed E-state index contributed by atoms with van der Waals surface area (Å²) in [6.45, 7) is 12.4. The van der Waals surface area contributed by atoms with Crippen molar-refractivity contribution >= 4 is 12.1 Å². The van der Waals surface area contributed by atoms with Crippen LogP contribution in [0.1, 0.15) is 60.8 Å². The highest BCUT2D eigenvalue weighted by molar-refractivity contribution is 5.74. The number of esters is 1. The van der Waals surface area contributed by atoms with Crippen molar-refractivity contribution in [2.45, 2.75) is 77.5 Å². The molecule has 128 valence electrons. The molecule has 0 aromatic heterocycles. The van der Waals surface area contributed by atoms with Gasteiger partial charge in [0.25, 0.3) is 0 Å². The molecule has 1 heterocycles. The summed E-state index contributed by atoms with van der Waals surface area (Å²) < 4.78 is 10.7. The minimum atomic E-state index is -0.601. The second kappa shape index (κ2) is 6.86. The number of alkyl carbamates (subject to hydrolysis) is 1. The van der Waals surface area contributed by atoms with Crippen molar-refractivity contribution in [2.24, 2.45) is 0 Å². The predicted molar refractivity (Wildman–Crippen MR) is 84.7 cm³/mol. The summed E-state index contributed by atoms with van der Waals surface area (Å²) in [6.07, 6.45) is 1.01. The average Bonchev–Trinajstić information content (AvgIpc) is 2.23. The topological polar surface area (TPSA) is 76.7 Å². The summed E-state index contributed by atoms with van der Waals surface area (Å²) in [4.78, 5) is 24.3. The van der Waals surface area contributed by atoms with Crippen molar-refractivity contribution in [2.75, 3.05) is 13.1 Å². The predicted octanol–water partition coefficient (Wildman–Crippen LogP) is 2.37. The zero-order valence-corrected chi connectivity index (χ0v) is 14.7. The molecule has 1 aliphatic rings. The Bertz CT molecular complexity index is 369. The summed E-state index contributed by atoms with van der Waals surface area (Å²) in [5, 5.41) is 6.14. The van der Waals surface area contributed by atoms with E-state index in [-0.39, 0.29) is 12.4 Å². The lowest BCUT2D eigenvalue weighted by atomic mass is 9.85. The largest absolute Gasteiger partial charge is 0.460 e. The van der Waals surface area contributed by atoms with Gasteiger partial charge in [0, 0.05) is 0 Å². The fourth-order valence-corrected chi connectivity index (χ4v) is 2.43. The highest BCUT2D eigenvalue weighted by Crippen LogP contribution is 2.25. The molecule has 1 rings (SSSR count). The molecule has 0 unspecified atom stereocenters. The van der Waals surface area contributed by atoms with E-state index in [0.29, 0.717) is 12.8 Å². The molecule has 6 heteroatoms. The summed E-state index contributed by atoms with van der Waals surface area (Å²) in [5.41, 5.74) is -1.70. The van der Waals surface area contributed by atoms with Crippen LogP contribution in [0.25, 0.3) is 0 Å². The van der Waals surface area contributed by atoms with Gasteiger partial charge in [-0.05, 0) is 67.5 Å². The van der Waals surface area contributed by atoms with Crippen molar-refractivity contribution in [1.29, 1.82) is 0 Å². The SMILES string of the molecule is CC(C)(C)OC(=O)CC1(NC(=O)OC(C)(C)C)CCNCC1. The Balaban J connectivity index is 2.73. The number of hydrogen-bond donors (Lipinski definition) is 2.